The van der Waals surface area contributed by atoms with E-state index in [1.165, 1.54) is 10.7 Å². The summed E-state index contributed by atoms with van der Waals surface area (Å²) in [7, 11) is -2.05. The van der Waals surface area contributed by atoms with Gasteiger partial charge in [0.2, 0.25) is 15.9 Å². The van der Waals surface area contributed by atoms with Crippen LogP contribution in [0.25, 0.3) is 6.08 Å². The molecule has 33 heavy (non-hydrogen) atoms. The molecule has 1 amide bonds. The molecule has 1 fully saturated rings. The largest absolute Gasteiger partial charge is 0.487 e. The summed E-state index contributed by atoms with van der Waals surface area (Å²) in [5, 5.41) is 9.76. The van der Waals surface area contributed by atoms with Crippen LogP contribution in [0.4, 0.5) is 0 Å². The zero-order chi connectivity index (χ0) is 24.2. The Bertz CT molecular complexity index is 956. The number of aliphatic hydroxyl groups is 1. The molecule has 0 unspecified atom stereocenters. The zero-order valence-corrected chi connectivity index (χ0v) is 21.1. The van der Waals surface area contributed by atoms with Gasteiger partial charge >= 0.3 is 0 Å². The molecule has 0 bridgehead atoms. The van der Waals surface area contributed by atoms with Crippen LogP contribution < -0.4 is 4.74 Å². The summed E-state index contributed by atoms with van der Waals surface area (Å²) in [4.78, 5) is 14.9. The van der Waals surface area contributed by atoms with Crippen LogP contribution in [-0.4, -0.2) is 67.5 Å². The van der Waals surface area contributed by atoms with Gasteiger partial charge in [-0.05, 0) is 44.4 Å². The van der Waals surface area contributed by atoms with Crippen molar-refractivity contribution in [2.24, 2.45) is 11.8 Å². The van der Waals surface area contributed by atoms with Gasteiger partial charge in [-0.15, -0.1) is 0 Å². The topological polar surface area (TPSA) is 87.2 Å². The van der Waals surface area contributed by atoms with Gasteiger partial charge in [0.05, 0.1) is 13.2 Å². The van der Waals surface area contributed by atoms with Crippen molar-refractivity contribution < 1.29 is 23.1 Å². The van der Waals surface area contributed by atoms with Crippen molar-refractivity contribution in [3.05, 3.63) is 29.8 Å². The predicted molar refractivity (Wildman–Crippen MR) is 129 cm³/mol. The second kappa shape index (κ2) is 11.0. The number of rotatable bonds is 6. The number of allylic oxidation sites excluding steroid dienone is 1. The smallest absolute Gasteiger partial charge is 0.247 e. The van der Waals surface area contributed by atoms with Crippen LogP contribution in [0.2, 0.25) is 0 Å². The molecule has 0 aromatic heterocycles. The maximum Gasteiger partial charge on any atom is 0.247 e. The van der Waals surface area contributed by atoms with E-state index in [1.54, 1.807) is 30.0 Å². The summed E-state index contributed by atoms with van der Waals surface area (Å²) < 4.78 is 34.7. The number of sulfonamides is 1. The average molecular weight is 479 g/mol. The summed E-state index contributed by atoms with van der Waals surface area (Å²) in [6.45, 7) is 5.85. The van der Waals surface area contributed by atoms with Gasteiger partial charge in [-0.25, -0.2) is 8.42 Å². The molecule has 1 aromatic rings. The maximum absolute atomic E-state index is 13.5. The van der Waals surface area contributed by atoms with Crippen molar-refractivity contribution in [2.75, 3.05) is 26.7 Å². The van der Waals surface area contributed by atoms with E-state index in [0.29, 0.717) is 6.54 Å². The number of ether oxygens (including phenoxy) is 1. The number of carbonyl (C=O) groups is 1. The molecule has 1 aliphatic carbocycles. The first-order valence-electron chi connectivity index (χ1n) is 12.0. The number of fused-ring (bicyclic) bond motifs is 1. The quantitative estimate of drug-likeness (QED) is 0.676. The van der Waals surface area contributed by atoms with Crippen LogP contribution in [0.15, 0.2) is 29.2 Å². The minimum Gasteiger partial charge on any atom is -0.487 e. The van der Waals surface area contributed by atoms with Gasteiger partial charge < -0.3 is 14.7 Å². The number of benzene rings is 1. The molecule has 1 aliphatic heterocycles. The van der Waals surface area contributed by atoms with E-state index in [9.17, 15) is 18.3 Å². The fraction of sp³-hybridized carbons (Fsp3) is 0.640. The van der Waals surface area contributed by atoms with Crippen LogP contribution >= 0.6 is 0 Å². The lowest BCUT2D eigenvalue weighted by atomic mass is 9.88. The Kier molecular flexibility index (Phi) is 8.59. The number of aliphatic hydroxyl groups excluding tert-OH is 1. The van der Waals surface area contributed by atoms with Crippen molar-refractivity contribution in [3.63, 3.8) is 0 Å². The molecule has 8 heteroatoms. The molecule has 3 rings (SSSR count). The van der Waals surface area contributed by atoms with Crippen molar-refractivity contribution in [2.45, 2.75) is 69.9 Å². The third-order valence-corrected chi connectivity index (χ3v) is 8.85. The van der Waals surface area contributed by atoms with Crippen molar-refractivity contribution >= 4 is 22.0 Å². The average Bonchev–Trinajstić information content (AvgIpc) is 2.81. The number of nitrogens with zero attached hydrogens (tertiary/aromatic N) is 2. The molecule has 0 spiro atoms. The molecule has 3 atom stereocenters. The number of hydrogen-bond acceptors (Lipinski definition) is 5. The molecular formula is C25H38N2O5S. The van der Waals surface area contributed by atoms with Crippen LogP contribution in [0.1, 0.15) is 58.4 Å². The second-order valence-corrected chi connectivity index (χ2v) is 11.4. The molecule has 1 N–H and O–H groups in total. The number of likely N-dealkylation sites (N-methyl/N-ethyl adjacent to an activating group) is 1. The van der Waals surface area contributed by atoms with Crippen molar-refractivity contribution in [1.82, 2.24) is 9.21 Å². The third kappa shape index (κ3) is 5.78. The number of amides is 1. The van der Waals surface area contributed by atoms with Gasteiger partial charge in [-0.3, -0.25) is 4.79 Å². The molecule has 2 aliphatic rings. The first-order chi connectivity index (χ1) is 15.7. The van der Waals surface area contributed by atoms with E-state index in [2.05, 4.69) is 0 Å². The summed E-state index contributed by atoms with van der Waals surface area (Å²) in [6.07, 6.45) is 8.62. The summed E-state index contributed by atoms with van der Waals surface area (Å²) >= 11 is 0. The Balaban J connectivity index is 1.95. The second-order valence-electron chi connectivity index (χ2n) is 9.50. The summed E-state index contributed by atoms with van der Waals surface area (Å²) in [5.41, 5.74) is 0.840. The fourth-order valence-corrected chi connectivity index (χ4v) is 6.60. The highest BCUT2D eigenvalue weighted by Gasteiger charge is 2.38. The normalized spacial score (nSPS) is 25.0. The Labute approximate surface area is 198 Å². The van der Waals surface area contributed by atoms with Gasteiger partial charge in [-0.2, -0.15) is 4.31 Å². The minimum absolute atomic E-state index is 0.0625. The van der Waals surface area contributed by atoms with Gasteiger partial charge in [0.25, 0.3) is 0 Å². The first-order valence-corrected chi connectivity index (χ1v) is 13.4. The first kappa shape index (κ1) is 25.7. The Hall–Kier alpha value is -1.90. The highest BCUT2D eigenvalue weighted by molar-refractivity contribution is 7.89. The Morgan fingerprint density at radius 3 is 2.64 bits per heavy atom. The lowest BCUT2D eigenvalue weighted by Gasteiger charge is -2.38. The van der Waals surface area contributed by atoms with E-state index in [0.717, 1.165) is 31.2 Å². The number of hydrogen-bond donors (Lipinski definition) is 1. The van der Waals surface area contributed by atoms with E-state index in [1.807, 2.05) is 33.0 Å². The van der Waals surface area contributed by atoms with E-state index in [-0.39, 0.29) is 47.6 Å². The van der Waals surface area contributed by atoms with Gasteiger partial charge in [0.1, 0.15) is 16.7 Å². The minimum atomic E-state index is -3.86. The lowest BCUT2D eigenvalue weighted by Crippen LogP contribution is -2.50. The standard InChI is InChI=1S/C25H38N2O5S/c1-5-9-20-12-13-24-22(14-20)32-23(16-26(4)25(29)21-10-7-6-8-11-21)18(2)15-27(19(3)17-28)33(24,30)31/h5,9,12-14,18-19,21,23,28H,6-8,10-11,15-17H2,1-4H3/b9-5+/t18-,19+,23+/m1/s1. The molecule has 0 saturated heterocycles. The lowest BCUT2D eigenvalue weighted by molar-refractivity contribution is -0.136. The van der Waals surface area contributed by atoms with Gasteiger partial charge in [-0.1, -0.05) is 44.4 Å². The molecule has 1 heterocycles. The monoisotopic (exact) mass is 478 g/mol. The van der Waals surface area contributed by atoms with Crippen LogP contribution in [0, 0.1) is 11.8 Å². The Morgan fingerprint density at radius 1 is 1.30 bits per heavy atom. The fourth-order valence-electron chi connectivity index (χ4n) is 4.78. The highest BCUT2D eigenvalue weighted by Crippen LogP contribution is 2.35. The van der Waals surface area contributed by atoms with Crippen LogP contribution in [-0.2, 0) is 14.8 Å². The zero-order valence-electron chi connectivity index (χ0n) is 20.2. The van der Waals surface area contributed by atoms with Crippen molar-refractivity contribution in [1.29, 1.82) is 0 Å². The Morgan fingerprint density at radius 2 is 2.00 bits per heavy atom. The molecule has 1 saturated carbocycles. The molecule has 184 valence electrons. The van der Waals surface area contributed by atoms with Crippen LogP contribution in [0.3, 0.4) is 0 Å². The molecule has 1 aromatic carbocycles. The van der Waals surface area contributed by atoms with E-state index in [4.69, 9.17) is 4.74 Å². The molecule has 0 radical (unpaired) electrons. The number of carbonyl (C=O) groups excluding carboxylic acids is 1. The van der Waals surface area contributed by atoms with E-state index < -0.39 is 16.1 Å². The van der Waals surface area contributed by atoms with Crippen LogP contribution in [0.5, 0.6) is 5.75 Å². The molecular weight excluding hydrogens is 440 g/mol. The van der Waals surface area contributed by atoms with Gasteiger partial charge in [0, 0.05) is 31.5 Å². The van der Waals surface area contributed by atoms with Gasteiger partial charge in [0.15, 0.2) is 0 Å². The van der Waals surface area contributed by atoms with Crippen molar-refractivity contribution in [3.8, 4) is 5.75 Å². The summed E-state index contributed by atoms with van der Waals surface area (Å²) in [5.74, 6) is 0.306. The highest BCUT2D eigenvalue weighted by atomic mass is 32.2. The predicted octanol–water partition coefficient (Wildman–Crippen LogP) is 3.53. The SMILES string of the molecule is C/C=C/c1ccc2c(c1)O[C@@H](CN(C)C(=O)C1CCCCC1)[C@H](C)CN([C@@H](C)CO)S2(=O)=O. The van der Waals surface area contributed by atoms with E-state index >= 15 is 0 Å². The molecule has 7 nitrogen and oxygen atoms in total. The maximum atomic E-state index is 13.5. The summed E-state index contributed by atoms with van der Waals surface area (Å²) in [6, 6.07) is 4.49. The third-order valence-electron chi connectivity index (χ3n) is 6.83.